The molecule has 1 aliphatic carbocycles. The first-order valence-electron chi connectivity index (χ1n) is 10.2. The lowest BCUT2D eigenvalue weighted by atomic mass is 9.86. The Morgan fingerprint density at radius 2 is 1.89 bits per heavy atom. The molecule has 0 unspecified atom stereocenters. The minimum Gasteiger partial charge on any atom is -0.382 e. The summed E-state index contributed by atoms with van der Waals surface area (Å²) in [5.74, 6) is 1.50. The third kappa shape index (κ3) is 2.53. The molecule has 0 atom stereocenters. The third-order valence-corrected chi connectivity index (χ3v) is 5.95. The van der Waals surface area contributed by atoms with Crippen LogP contribution in [0.15, 0.2) is 34.9 Å². The maximum atomic E-state index is 13.4. The van der Waals surface area contributed by atoms with Crippen LogP contribution in [-0.4, -0.2) is 30.1 Å². The average Bonchev–Trinajstić information content (AvgIpc) is 3.12. The highest BCUT2D eigenvalue weighted by molar-refractivity contribution is 6.28. The van der Waals surface area contributed by atoms with Gasteiger partial charge in [-0.25, -0.2) is 0 Å². The van der Waals surface area contributed by atoms with Gasteiger partial charge in [-0.15, -0.1) is 0 Å². The number of nitrogens with one attached hydrogen (secondary N) is 1. The zero-order valence-corrected chi connectivity index (χ0v) is 16.6. The fourth-order valence-electron chi connectivity index (χ4n) is 4.46. The van der Waals surface area contributed by atoms with Gasteiger partial charge in [-0.1, -0.05) is 36.3 Å². The topological polar surface area (TPSA) is 58.4 Å². The average molecular weight is 375 g/mol. The Kier molecular flexibility index (Phi) is 3.93. The molecule has 0 spiro atoms. The Bertz CT molecular complexity index is 1070. The number of rotatable bonds is 3. The fourth-order valence-corrected chi connectivity index (χ4v) is 4.46. The van der Waals surface area contributed by atoms with E-state index in [9.17, 15) is 4.79 Å². The van der Waals surface area contributed by atoms with Gasteiger partial charge in [-0.05, 0) is 38.7 Å². The molecule has 5 rings (SSSR count). The summed E-state index contributed by atoms with van der Waals surface area (Å²) in [6.45, 7) is 8.50. The summed E-state index contributed by atoms with van der Waals surface area (Å²) in [5, 5.41) is 8.79. The predicted molar refractivity (Wildman–Crippen MR) is 112 cm³/mol. The van der Waals surface area contributed by atoms with Crippen LogP contribution in [0.1, 0.15) is 49.5 Å². The number of carbonyl (C=O) groups excluding carboxylic acids is 1. The van der Waals surface area contributed by atoms with Crippen molar-refractivity contribution in [2.45, 2.75) is 39.7 Å². The number of hydrogen-bond donors (Lipinski definition) is 1. The molecule has 5 heteroatoms. The number of piperidine rings is 1. The molecule has 0 bridgehead atoms. The van der Waals surface area contributed by atoms with E-state index in [1.54, 1.807) is 0 Å². The summed E-state index contributed by atoms with van der Waals surface area (Å²) in [4.78, 5) is 15.8. The van der Waals surface area contributed by atoms with Crippen molar-refractivity contribution in [2.75, 3.05) is 23.3 Å². The Morgan fingerprint density at radius 1 is 1.18 bits per heavy atom. The SMILES string of the molecule is CC1CCN(c2cc(NC(C)C)c3c4c(onc24)-c2ccccc2C3=O)CC1. The first kappa shape index (κ1) is 17.3. The standard InChI is InChI=1S/C23H25N3O2/c1-13(2)24-17-12-18(26-10-8-14(3)9-11-26)21-20-19(17)22(27)15-6-4-5-7-16(15)23(20)28-25-21/h4-7,12-14,24H,8-11H2,1-3H3. The summed E-state index contributed by atoms with van der Waals surface area (Å²) < 4.78 is 5.83. The number of benzene rings is 2. The minimum atomic E-state index is 0.0401. The van der Waals surface area contributed by atoms with Crippen LogP contribution >= 0.6 is 0 Å². The van der Waals surface area contributed by atoms with Gasteiger partial charge in [-0.2, -0.15) is 0 Å². The highest BCUT2D eigenvalue weighted by atomic mass is 16.5. The summed E-state index contributed by atoms with van der Waals surface area (Å²) in [6.07, 6.45) is 2.34. The first-order valence-corrected chi connectivity index (χ1v) is 10.2. The van der Waals surface area contributed by atoms with Gasteiger partial charge < -0.3 is 14.7 Å². The monoisotopic (exact) mass is 375 g/mol. The molecule has 0 radical (unpaired) electrons. The van der Waals surface area contributed by atoms with Crippen LogP contribution in [0.4, 0.5) is 11.4 Å². The molecular weight excluding hydrogens is 350 g/mol. The molecule has 2 aliphatic rings. The molecule has 0 amide bonds. The van der Waals surface area contributed by atoms with Crippen molar-refractivity contribution in [3.05, 3.63) is 41.5 Å². The lowest BCUT2D eigenvalue weighted by Gasteiger charge is -2.33. The zero-order chi connectivity index (χ0) is 19.4. The van der Waals surface area contributed by atoms with Gasteiger partial charge in [0.05, 0.1) is 16.6 Å². The molecular formula is C23H25N3O2. The zero-order valence-electron chi connectivity index (χ0n) is 16.6. The van der Waals surface area contributed by atoms with Crippen LogP contribution in [0.5, 0.6) is 0 Å². The number of hydrogen-bond acceptors (Lipinski definition) is 5. The number of nitrogens with zero attached hydrogens (tertiary/aromatic N) is 2. The van der Waals surface area contributed by atoms with Crippen LogP contribution in [0.25, 0.3) is 22.2 Å². The molecule has 2 heterocycles. The summed E-state index contributed by atoms with van der Waals surface area (Å²) in [7, 11) is 0. The largest absolute Gasteiger partial charge is 0.382 e. The molecule has 1 aromatic heterocycles. The lowest BCUT2D eigenvalue weighted by molar-refractivity contribution is 0.104. The van der Waals surface area contributed by atoms with E-state index in [2.05, 4.69) is 42.2 Å². The number of fused-ring (bicyclic) bond motifs is 2. The van der Waals surface area contributed by atoms with Crippen molar-refractivity contribution < 1.29 is 9.32 Å². The second kappa shape index (κ2) is 6.36. The van der Waals surface area contributed by atoms with Gasteiger partial charge in [0.25, 0.3) is 0 Å². The smallest absolute Gasteiger partial charge is 0.196 e. The molecule has 1 aliphatic heterocycles. The molecule has 1 N–H and O–H groups in total. The van der Waals surface area contributed by atoms with Crippen molar-refractivity contribution in [1.82, 2.24) is 5.16 Å². The molecule has 3 aromatic rings. The van der Waals surface area contributed by atoms with Crippen molar-refractivity contribution in [3.63, 3.8) is 0 Å². The fraction of sp³-hybridized carbons (Fsp3) is 0.391. The van der Waals surface area contributed by atoms with Crippen LogP contribution < -0.4 is 10.2 Å². The molecule has 28 heavy (non-hydrogen) atoms. The predicted octanol–water partition coefficient (Wildman–Crippen LogP) is 5.10. The van der Waals surface area contributed by atoms with E-state index in [1.807, 2.05) is 24.3 Å². The number of anilines is 2. The number of ketones is 1. The van der Waals surface area contributed by atoms with Crippen molar-refractivity contribution in [1.29, 1.82) is 0 Å². The van der Waals surface area contributed by atoms with Gasteiger partial charge in [0, 0.05) is 35.9 Å². The maximum Gasteiger partial charge on any atom is 0.196 e. The second-order valence-electron chi connectivity index (χ2n) is 8.40. The molecule has 2 aromatic carbocycles. The van der Waals surface area contributed by atoms with Crippen LogP contribution in [0, 0.1) is 5.92 Å². The maximum absolute atomic E-state index is 13.4. The van der Waals surface area contributed by atoms with Gasteiger partial charge in [0.2, 0.25) is 0 Å². The van der Waals surface area contributed by atoms with Crippen molar-refractivity contribution in [3.8, 4) is 11.3 Å². The summed E-state index contributed by atoms with van der Waals surface area (Å²) >= 11 is 0. The van der Waals surface area contributed by atoms with E-state index < -0.39 is 0 Å². The highest BCUT2D eigenvalue weighted by Crippen LogP contribution is 2.46. The Morgan fingerprint density at radius 3 is 2.61 bits per heavy atom. The van der Waals surface area contributed by atoms with Crippen molar-refractivity contribution >= 4 is 28.1 Å². The summed E-state index contributed by atoms with van der Waals surface area (Å²) in [5.41, 5.74) is 4.95. The third-order valence-electron chi connectivity index (χ3n) is 5.95. The molecule has 1 fully saturated rings. The van der Waals surface area contributed by atoms with Crippen molar-refractivity contribution in [2.24, 2.45) is 5.92 Å². The van der Waals surface area contributed by atoms with Gasteiger partial charge in [0.1, 0.15) is 5.52 Å². The number of aromatic nitrogens is 1. The van der Waals surface area contributed by atoms with Gasteiger partial charge >= 0.3 is 0 Å². The molecule has 144 valence electrons. The van der Waals surface area contributed by atoms with Crippen LogP contribution in [0.3, 0.4) is 0 Å². The van der Waals surface area contributed by atoms with E-state index >= 15 is 0 Å². The minimum absolute atomic E-state index is 0.0401. The lowest BCUT2D eigenvalue weighted by Crippen LogP contribution is -2.33. The Hall–Kier alpha value is -2.82. The Balaban J connectivity index is 1.77. The van der Waals surface area contributed by atoms with E-state index in [1.165, 1.54) is 12.8 Å². The Labute approximate surface area is 164 Å². The molecule has 0 saturated carbocycles. The summed E-state index contributed by atoms with van der Waals surface area (Å²) in [6, 6.07) is 9.97. The van der Waals surface area contributed by atoms with E-state index in [0.29, 0.717) is 16.9 Å². The van der Waals surface area contributed by atoms with E-state index in [0.717, 1.165) is 46.8 Å². The van der Waals surface area contributed by atoms with E-state index in [4.69, 9.17) is 4.52 Å². The highest BCUT2D eigenvalue weighted by Gasteiger charge is 2.34. The van der Waals surface area contributed by atoms with Crippen LogP contribution in [0.2, 0.25) is 0 Å². The van der Waals surface area contributed by atoms with Crippen LogP contribution in [-0.2, 0) is 0 Å². The normalized spacial score (nSPS) is 16.7. The number of carbonyl (C=O) groups is 1. The van der Waals surface area contributed by atoms with E-state index in [-0.39, 0.29) is 11.8 Å². The van der Waals surface area contributed by atoms with Gasteiger partial charge in [0.15, 0.2) is 11.5 Å². The first-order chi connectivity index (χ1) is 13.5. The van der Waals surface area contributed by atoms with Gasteiger partial charge in [-0.3, -0.25) is 4.79 Å². The molecule has 5 nitrogen and oxygen atoms in total. The quantitative estimate of drug-likeness (QED) is 0.540. The molecule has 1 saturated heterocycles. The second-order valence-corrected chi connectivity index (χ2v) is 8.40.